The minimum atomic E-state index is -3.94. The first kappa shape index (κ1) is 20.9. The van der Waals surface area contributed by atoms with E-state index >= 15 is 0 Å². The monoisotopic (exact) mass is 430 g/mol. The number of anilines is 2. The number of sulfonamides is 1. The van der Waals surface area contributed by atoms with E-state index in [0.717, 1.165) is 10.5 Å². The van der Waals surface area contributed by atoms with Crippen molar-refractivity contribution in [1.82, 2.24) is 0 Å². The van der Waals surface area contributed by atoms with E-state index in [4.69, 9.17) is 0 Å². The number of hydrogen-bond donors (Lipinski definition) is 2. The number of amides is 1. The summed E-state index contributed by atoms with van der Waals surface area (Å²) in [7, 11) is -3.94. The average molecular weight is 431 g/mol. The first-order valence-electron chi connectivity index (χ1n) is 8.70. The van der Waals surface area contributed by atoms with Crippen LogP contribution in [0.2, 0.25) is 0 Å². The summed E-state index contributed by atoms with van der Waals surface area (Å²) < 4.78 is 40.7. The van der Waals surface area contributed by atoms with Gasteiger partial charge < -0.3 is 5.32 Å². The van der Waals surface area contributed by atoms with Gasteiger partial charge in [-0.2, -0.15) is 0 Å². The molecule has 0 spiro atoms. The molecule has 3 aromatic rings. The lowest BCUT2D eigenvalue weighted by molar-refractivity contribution is -0.113. The Balaban J connectivity index is 1.59. The van der Waals surface area contributed by atoms with Gasteiger partial charge in [0.05, 0.1) is 16.3 Å². The van der Waals surface area contributed by atoms with Crippen molar-refractivity contribution in [3.63, 3.8) is 0 Å². The van der Waals surface area contributed by atoms with Crippen LogP contribution in [0.25, 0.3) is 0 Å². The Morgan fingerprint density at radius 2 is 1.62 bits per heavy atom. The molecule has 3 rings (SSSR count). The highest BCUT2D eigenvalue weighted by Crippen LogP contribution is 2.21. The zero-order valence-electron chi connectivity index (χ0n) is 15.6. The van der Waals surface area contributed by atoms with Crippen molar-refractivity contribution in [1.29, 1.82) is 0 Å². The van der Waals surface area contributed by atoms with Gasteiger partial charge in [-0.3, -0.25) is 9.52 Å². The van der Waals surface area contributed by atoms with Gasteiger partial charge in [-0.25, -0.2) is 12.8 Å². The molecule has 29 heavy (non-hydrogen) atoms. The van der Waals surface area contributed by atoms with Gasteiger partial charge in [-0.1, -0.05) is 29.8 Å². The lowest BCUT2D eigenvalue weighted by atomic mass is 10.2. The van der Waals surface area contributed by atoms with Crippen LogP contribution in [0.1, 0.15) is 5.56 Å². The first-order valence-corrected chi connectivity index (χ1v) is 11.2. The molecule has 1 amide bonds. The predicted octanol–water partition coefficient (Wildman–Crippen LogP) is 4.67. The smallest absolute Gasteiger partial charge is 0.261 e. The molecule has 0 heterocycles. The summed E-state index contributed by atoms with van der Waals surface area (Å²) in [6.07, 6.45) is 0. The van der Waals surface area contributed by atoms with E-state index in [1.54, 1.807) is 0 Å². The summed E-state index contributed by atoms with van der Waals surface area (Å²) in [6.45, 7) is 2.00. The summed E-state index contributed by atoms with van der Waals surface area (Å²) in [6, 6.07) is 19.1. The number of aryl methyl sites for hydroxylation is 1. The van der Waals surface area contributed by atoms with Crippen LogP contribution in [-0.2, 0) is 14.8 Å². The fourth-order valence-electron chi connectivity index (χ4n) is 2.45. The predicted molar refractivity (Wildman–Crippen MR) is 114 cm³/mol. The van der Waals surface area contributed by atoms with Gasteiger partial charge in [-0.05, 0) is 55.5 Å². The SMILES string of the molecule is Cc1ccc(SCC(=O)Nc2ccc(S(=O)(=O)Nc3ccccc3F)cc2)cc1. The largest absolute Gasteiger partial charge is 0.325 e. The van der Waals surface area contributed by atoms with E-state index in [9.17, 15) is 17.6 Å². The molecule has 0 aliphatic rings. The number of halogens is 1. The third-order valence-electron chi connectivity index (χ3n) is 3.96. The molecule has 8 heteroatoms. The molecule has 0 saturated carbocycles. The van der Waals surface area contributed by atoms with Crippen LogP contribution in [0.4, 0.5) is 15.8 Å². The molecular formula is C21H19FN2O3S2. The standard InChI is InChI=1S/C21H19FN2O3S2/c1-15-6-10-17(11-7-15)28-14-21(25)23-16-8-12-18(13-9-16)29(26,27)24-20-5-3-2-4-19(20)22/h2-13,24H,14H2,1H3,(H,23,25). The van der Waals surface area contributed by atoms with Crippen LogP contribution < -0.4 is 10.0 Å². The van der Waals surface area contributed by atoms with Gasteiger partial charge in [0.1, 0.15) is 5.82 Å². The molecule has 5 nitrogen and oxygen atoms in total. The molecule has 0 aromatic heterocycles. The third kappa shape index (κ3) is 5.82. The molecule has 2 N–H and O–H groups in total. The fourth-order valence-corrected chi connectivity index (χ4v) is 4.21. The normalized spacial score (nSPS) is 11.1. The Bertz CT molecular complexity index is 1100. The van der Waals surface area contributed by atoms with Crippen LogP contribution in [0.5, 0.6) is 0 Å². The average Bonchev–Trinajstić information content (AvgIpc) is 2.70. The Hall–Kier alpha value is -2.84. The van der Waals surface area contributed by atoms with Gasteiger partial charge in [-0.15, -0.1) is 11.8 Å². The van der Waals surface area contributed by atoms with E-state index in [-0.39, 0.29) is 22.2 Å². The molecule has 0 aliphatic heterocycles. The van der Waals surface area contributed by atoms with Crippen molar-refractivity contribution in [3.8, 4) is 0 Å². The second-order valence-corrected chi connectivity index (χ2v) is 8.99. The molecule has 0 aliphatic carbocycles. The minimum absolute atomic E-state index is 0.0345. The summed E-state index contributed by atoms with van der Waals surface area (Å²) in [5.41, 5.74) is 1.50. The lowest BCUT2D eigenvalue weighted by Gasteiger charge is -2.10. The summed E-state index contributed by atoms with van der Waals surface area (Å²) in [5, 5.41) is 2.73. The van der Waals surface area contributed by atoms with Gasteiger partial charge in [0, 0.05) is 10.6 Å². The topological polar surface area (TPSA) is 75.3 Å². The van der Waals surface area contributed by atoms with E-state index in [0.29, 0.717) is 5.69 Å². The maximum atomic E-state index is 13.7. The van der Waals surface area contributed by atoms with Crippen molar-refractivity contribution in [2.45, 2.75) is 16.7 Å². The lowest BCUT2D eigenvalue weighted by Crippen LogP contribution is -2.15. The van der Waals surface area contributed by atoms with Crippen LogP contribution in [0.3, 0.4) is 0 Å². The highest BCUT2D eigenvalue weighted by molar-refractivity contribution is 8.00. The van der Waals surface area contributed by atoms with Crippen molar-refractivity contribution in [2.75, 3.05) is 15.8 Å². The quantitative estimate of drug-likeness (QED) is 0.535. The fraction of sp³-hybridized carbons (Fsp3) is 0.0952. The summed E-state index contributed by atoms with van der Waals surface area (Å²) in [4.78, 5) is 13.1. The van der Waals surface area contributed by atoms with E-state index in [1.807, 2.05) is 31.2 Å². The number of nitrogens with one attached hydrogen (secondary N) is 2. The van der Waals surface area contributed by atoms with Crippen LogP contribution >= 0.6 is 11.8 Å². The first-order chi connectivity index (χ1) is 13.8. The van der Waals surface area contributed by atoms with Crippen molar-refractivity contribution < 1.29 is 17.6 Å². The molecule has 0 radical (unpaired) electrons. The van der Waals surface area contributed by atoms with Crippen molar-refractivity contribution >= 4 is 39.1 Å². The van der Waals surface area contributed by atoms with Crippen LogP contribution in [-0.4, -0.2) is 20.1 Å². The molecule has 0 bridgehead atoms. The number of rotatable bonds is 7. The zero-order chi connectivity index (χ0) is 20.9. The zero-order valence-corrected chi connectivity index (χ0v) is 17.2. The van der Waals surface area contributed by atoms with Gasteiger partial charge >= 0.3 is 0 Å². The molecule has 3 aromatic carbocycles. The van der Waals surface area contributed by atoms with Crippen LogP contribution in [0, 0.1) is 12.7 Å². The Morgan fingerprint density at radius 3 is 2.28 bits per heavy atom. The molecule has 150 valence electrons. The highest BCUT2D eigenvalue weighted by Gasteiger charge is 2.16. The summed E-state index contributed by atoms with van der Waals surface area (Å²) >= 11 is 1.41. The molecule has 0 saturated heterocycles. The molecule has 0 fully saturated rings. The van der Waals surface area contributed by atoms with Gasteiger partial charge in [0.15, 0.2) is 0 Å². The van der Waals surface area contributed by atoms with Gasteiger partial charge in [0.25, 0.3) is 10.0 Å². The molecular weight excluding hydrogens is 411 g/mol. The highest BCUT2D eigenvalue weighted by atomic mass is 32.2. The second-order valence-electron chi connectivity index (χ2n) is 6.26. The maximum absolute atomic E-state index is 13.7. The molecule has 0 atom stereocenters. The number of hydrogen-bond acceptors (Lipinski definition) is 4. The van der Waals surface area contributed by atoms with Crippen LogP contribution in [0.15, 0.2) is 82.6 Å². The number of para-hydroxylation sites is 1. The Labute approximate surface area is 173 Å². The summed E-state index contributed by atoms with van der Waals surface area (Å²) in [5.74, 6) is -0.625. The number of thioether (sulfide) groups is 1. The second kappa shape index (κ2) is 9.11. The maximum Gasteiger partial charge on any atom is 0.261 e. The number of benzene rings is 3. The van der Waals surface area contributed by atoms with Crippen molar-refractivity contribution in [3.05, 3.63) is 84.2 Å². The van der Waals surface area contributed by atoms with E-state index in [2.05, 4.69) is 10.0 Å². The van der Waals surface area contributed by atoms with Gasteiger partial charge in [0.2, 0.25) is 5.91 Å². The molecule has 0 unspecified atom stereocenters. The Morgan fingerprint density at radius 1 is 0.966 bits per heavy atom. The Kier molecular flexibility index (Phi) is 6.56. The van der Waals surface area contributed by atoms with E-state index in [1.165, 1.54) is 60.3 Å². The van der Waals surface area contributed by atoms with Crippen molar-refractivity contribution in [2.24, 2.45) is 0 Å². The number of carbonyl (C=O) groups excluding carboxylic acids is 1. The minimum Gasteiger partial charge on any atom is -0.325 e. The number of carbonyl (C=O) groups is 1. The van der Waals surface area contributed by atoms with E-state index < -0.39 is 15.8 Å². The third-order valence-corrected chi connectivity index (χ3v) is 6.35.